The minimum Gasteiger partial charge on any atom is -0.455 e. The van der Waals surface area contributed by atoms with Crippen molar-refractivity contribution in [3.8, 4) is 17.2 Å². The zero-order valence-corrected chi connectivity index (χ0v) is 23.4. The van der Waals surface area contributed by atoms with E-state index in [4.69, 9.17) is 18.6 Å². The van der Waals surface area contributed by atoms with E-state index >= 15 is 0 Å². The first-order valence-corrected chi connectivity index (χ1v) is 13.8. The van der Waals surface area contributed by atoms with E-state index in [0.717, 1.165) is 21.5 Å². The third-order valence-electron chi connectivity index (χ3n) is 7.95. The Balaban J connectivity index is 1.82. The summed E-state index contributed by atoms with van der Waals surface area (Å²) in [5.74, 6) is -0.471. The van der Waals surface area contributed by atoms with Crippen molar-refractivity contribution in [1.82, 2.24) is 0 Å². The summed E-state index contributed by atoms with van der Waals surface area (Å²) in [5.41, 5.74) is 1.19. The van der Waals surface area contributed by atoms with E-state index in [9.17, 15) is 14.4 Å². The lowest BCUT2D eigenvalue weighted by Crippen LogP contribution is -2.06. The Kier molecular flexibility index (Phi) is 5.19. The molecule has 0 radical (unpaired) electrons. The van der Waals surface area contributed by atoms with Crippen LogP contribution in [0.15, 0.2) is 83.3 Å². The second kappa shape index (κ2) is 8.90. The van der Waals surface area contributed by atoms with Crippen LogP contribution in [0, 0.1) is 0 Å². The average Bonchev–Trinajstić information content (AvgIpc) is 3.38. The number of hydrogen-bond donors (Lipinski definition) is 0. The highest BCUT2D eigenvalue weighted by Crippen LogP contribution is 2.56. The highest BCUT2D eigenvalue weighted by Gasteiger charge is 2.31. The van der Waals surface area contributed by atoms with Gasteiger partial charge in [-0.3, -0.25) is 14.4 Å². The Bertz CT molecular complexity index is 2520. The van der Waals surface area contributed by atoms with Gasteiger partial charge in [0.15, 0.2) is 0 Å². The van der Waals surface area contributed by atoms with Crippen molar-refractivity contribution < 1.29 is 33.0 Å². The summed E-state index contributed by atoms with van der Waals surface area (Å²) in [6.45, 7) is 4.07. The summed E-state index contributed by atoms with van der Waals surface area (Å²) >= 11 is 0. The molecule has 0 saturated carbocycles. The first kappa shape index (κ1) is 25.1. The van der Waals surface area contributed by atoms with Gasteiger partial charge in [0.05, 0.1) is 0 Å². The van der Waals surface area contributed by atoms with Crippen LogP contribution in [-0.2, 0) is 14.4 Å². The predicted octanol–water partition coefficient (Wildman–Crippen LogP) is 8.57. The number of carbonyl (C=O) groups is 3. The smallest absolute Gasteiger partial charge is 0.308 e. The number of rotatable bonds is 3. The molecule has 8 aromatic rings. The van der Waals surface area contributed by atoms with Crippen LogP contribution >= 0.6 is 0 Å². The van der Waals surface area contributed by atoms with E-state index < -0.39 is 17.9 Å². The maximum Gasteiger partial charge on any atom is 0.308 e. The highest BCUT2D eigenvalue weighted by atomic mass is 16.5. The molecule has 7 aromatic carbocycles. The van der Waals surface area contributed by atoms with Crippen LogP contribution in [0.25, 0.3) is 75.8 Å². The van der Waals surface area contributed by atoms with Crippen molar-refractivity contribution >= 4 is 93.7 Å². The summed E-state index contributed by atoms with van der Waals surface area (Å²) in [5, 5.41) is 8.17. The molecule has 0 aliphatic heterocycles. The van der Waals surface area contributed by atoms with Gasteiger partial charge in [-0.15, -0.1) is 0 Å². The molecule has 0 amide bonds. The quantitative estimate of drug-likeness (QED) is 0.0915. The third-order valence-corrected chi connectivity index (χ3v) is 7.95. The van der Waals surface area contributed by atoms with Gasteiger partial charge in [0.2, 0.25) is 0 Å². The fourth-order valence-electron chi connectivity index (χ4n) is 6.55. The summed E-state index contributed by atoms with van der Waals surface area (Å²) in [6.07, 6.45) is 0. The number of fused-ring (bicyclic) bond motifs is 8. The van der Waals surface area contributed by atoms with Gasteiger partial charge >= 0.3 is 17.9 Å². The summed E-state index contributed by atoms with van der Waals surface area (Å²) in [4.78, 5) is 37.9. The first-order valence-electron chi connectivity index (χ1n) is 13.8. The van der Waals surface area contributed by atoms with Crippen molar-refractivity contribution in [3.05, 3.63) is 78.9 Å². The molecule has 208 valence electrons. The van der Waals surface area contributed by atoms with E-state index in [-0.39, 0.29) is 0 Å². The van der Waals surface area contributed by atoms with E-state index in [2.05, 4.69) is 0 Å². The molecule has 43 heavy (non-hydrogen) atoms. The molecule has 1 aromatic heterocycles. The van der Waals surface area contributed by atoms with Gasteiger partial charge in [-0.05, 0) is 16.8 Å². The molecule has 0 aliphatic carbocycles. The van der Waals surface area contributed by atoms with Crippen LogP contribution in [-0.4, -0.2) is 17.9 Å². The molecule has 7 heteroatoms. The molecule has 0 fully saturated rings. The van der Waals surface area contributed by atoms with Gasteiger partial charge in [0.25, 0.3) is 0 Å². The summed E-state index contributed by atoms with van der Waals surface area (Å²) in [6, 6.07) is 24.7. The lowest BCUT2D eigenvalue weighted by atomic mass is 9.87. The number of ether oxygens (including phenoxy) is 3. The Morgan fingerprint density at radius 3 is 1.40 bits per heavy atom. The second-order valence-electron chi connectivity index (χ2n) is 10.6. The van der Waals surface area contributed by atoms with Crippen LogP contribution in [0.5, 0.6) is 17.2 Å². The lowest BCUT2D eigenvalue weighted by Gasteiger charge is -2.19. The highest BCUT2D eigenvalue weighted by molar-refractivity contribution is 6.44. The monoisotopic (exact) mass is 566 g/mol. The molecule has 0 N–H and O–H groups in total. The Hall–Kier alpha value is -5.69. The van der Waals surface area contributed by atoms with E-state index in [1.165, 1.54) is 20.8 Å². The fourth-order valence-corrected chi connectivity index (χ4v) is 6.55. The Morgan fingerprint density at radius 1 is 0.465 bits per heavy atom. The number of esters is 3. The maximum atomic E-state index is 12.6. The minimum absolute atomic E-state index is 0.313. The SMILES string of the molecule is CC(=O)Oc1c2ccccc2cc2c1c1c(OC(C)=O)c3ccccc3c3oc4c5ccccc5c(OC(C)=O)c2c4c31. The van der Waals surface area contributed by atoms with Crippen molar-refractivity contribution in [2.24, 2.45) is 0 Å². The number of furan rings is 1. The van der Waals surface area contributed by atoms with Gasteiger partial charge in [-0.1, -0.05) is 72.8 Å². The van der Waals surface area contributed by atoms with Crippen LogP contribution in [0.2, 0.25) is 0 Å². The van der Waals surface area contributed by atoms with Crippen LogP contribution in [0.4, 0.5) is 0 Å². The standard InChI is InChI=1S/C36H22O7/c1-17(37)40-32-21-11-5-4-10-20(21)16-26-27(32)29-31-30-28(26)33(41-18(2)38)22-12-6-8-14-24(22)35(30)43-36(31)25-15-9-7-13-23(25)34(29)42-19(3)39/h4-16H,1-3H3. The zero-order chi connectivity index (χ0) is 29.6. The van der Waals surface area contributed by atoms with Crippen LogP contribution in [0.3, 0.4) is 0 Å². The normalized spacial score (nSPS) is 11.9. The second-order valence-corrected chi connectivity index (χ2v) is 10.6. The fraction of sp³-hybridized carbons (Fsp3) is 0.0833. The molecule has 7 nitrogen and oxygen atoms in total. The molecule has 0 unspecified atom stereocenters. The molecule has 8 rings (SSSR count). The van der Waals surface area contributed by atoms with Gasteiger partial charge in [0.1, 0.15) is 28.4 Å². The van der Waals surface area contributed by atoms with E-state index in [0.29, 0.717) is 71.5 Å². The molecule has 0 aliphatic rings. The zero-order valence-electron chi connectivity index (χ0n) is 23.4. The molecule has 0 spiro atoms. The van der Waals surface area contributed by atoms with Gasteiger partial charge in [-0.25, -0.2) is 0 Å². The molecule has 0 saturated heterocycles. The van der Waals surface area contributed by atoms with E-state index in [1.807, 2.05) is 78.9 Å². The molecular formula is C36H22O7. The first-order chi connectivity index (χ1) is 20.8. The lowest BCUT2D eigenvalue weighted by molar-refractivity contribution is -0.132. The van der Waals surface area contributed by atoms with Crippen LogP contribution in [0.1, 0.15) is 20.8 Å². The summed E-state index contributed by atoms with van der Waals surface area (Å²) in [7, 11) is 0. The third kappa shape index (κ3) is 3.45. The Morgan fingerprint density at radius 2 is 0.860 bits per heavy atom. The predicted molar refractivity (Wildman–Crippen MR) is 166 cm³/mol. The largest absolute Gasteiger partial charge is 0.455 e. The Labute approximate surface area is 243 Å². The molecule has 0 bridgehead atoms. The van der Waals surface area contributed by atoms with Crippen LogP contribution < -0.4 is 14.2 Å². The van der Waals surface area contributed by atoms with Crippen molar-refractivity contribution in [3.63, 3.8) is 0 Å². The van der Waals surface area contributed by atoms with Gasteiger partial charge in [-0.2, -0.15) is 0 Å². The number of benzene rings is 7. The summed E-state index contributed by atoms with van der Waals surface area (Å²) < 4.78 is 24.8. The number of carbonyl (C=O) groups excluding carboxylic acids is 3. The van der Waals surface area contributed by atoms with Crippen molar-refractivity contribution in [2.75, 3.05) is 0 Å². The average molecular weight is 567 g/mol. The van der Waals surface area contributed by atoms with Gasteiger partial charge in [0, 0.05) is 74.6 Å². The topological polar surface area (TPSA) is 92.0 Å². The van der Waals surface area contributed by atoms with Crippen molar-refractivity contribution in [2.45, 2.75) is 20.8 Å². The van der Waals surface area contributed by atoms with Crippen molar-refractivity contribution in [1.29, 1.82) is 0 Å². The van der Waals surface area contributed by atoms with Gasteiger partial charge < -0.3 is 18.6 Å². The minimum atomic E-state index is -0.508. The molecule has 1 heterocycles. The maximum absolute atomic E-state index is 12.6. The number of hydrogen-bond acceptors (Lipinski definition) is 7. The van der Waals surface area contributed by atoms with E-state index in [1.54, 1.807) is 0 Å². The molecule has 0 atom stereocenters. The molecular weight excluding hydrogens is 544 g/mol.